The third-order valence-electron chi connectivity index (χ3n) is 4.16. The zero-order chi connectivity index (χ0) is 15.6. The maximum Gasteiger partial charge on any atom is 0.128 e. The molecular formula is C17H26FNS2. The van der Waals surface area contributed by atoms with E-state index >= 15 is 0 Å². The van der Waals surface area contributed by atoms with E-state index in [9.17, 15) is 4.39 Å². The molecule has 21 heavy (non-hydrogen) atoms. The molecule has 1 nitrogen and oxygen atoms in total. The van der Waals surface area contributed by atoms with Gasteiger partial charge in [-0.15, -0.1) is 0 Å². The topological polar surface area (TPSA) is 12.0 Å². The smallest absolute Gasteiger partial charge is 0.128 e. The Labute approximate surface area is 136 Å². The molecule has 1 aromatic rings. The van der Waals surface area contributed by atoms with Crippen molar-refractivity contribution < 1.29 is 4.39 Å². The predicted octanol–water partition coefficient (Wildman–Crippen LogP) is 4.72. The van der Waals surface area contributed by atoms with E-state index in [0.717, 1.165) is 29.0 Å². The van der Waals surface area contributed by atoms with Crippen LogP contribution in [-0.2, 0) is 0 Å². The fraction of sp³-hybridized carbons (Fsp3) is 0.647. The van der Waals surface area contributed by atoms with Gasteiger partial charge in [0.05, 0.1) is 0 Å². The molecule has 4 unspecified atom stereocenters. The Kier molecular flexibility index (Phi) is 6.04. The van der Waals surface area contributed by atoms with Crippen molar-refractivity contribution in [3.63, 3.8) is 0 Å². The molecule has 118 valence electrons. The summed E-state index contributed by atoms with van der Waals surface area (Å²) in [6, 6.07) is 3.86. The molecule has 1 saturated heterocycles. The van der Waals surface area contributed by atoms with Gasteiger partial charge >= 0.3 is 0 Å². The van der Waals surface area contributed by atoms with Crippen molar-refractivity contribution in [1.29, 1.82) is 0 Å². The average molecular weight is 328 g/mol. The van der Waals surface area contributed by atoms with Crippen LogP contribution in [0.15, 0.2) is 12.1 Å². The highest BCUT2D eigenvalue weighted by atomic mass is 32.2. The van der Waals surface area contributed by atoms with Crippen LogP contribution < -0.4 is 5.32 Å². The number of benzene rings is 1. The number of aryl methyl sites for hydroxylation is 2. The Bertz CT molecular complexity index is 469. The Balaban J connectivity index is 2.31. The Morgan fingerprint density at radius 2 is 2.00 bits per heavy atom. The van der Waals surface area contributed by atoms with Gasteiger partial charge in [0.2, 0.25) is 0 Å². The minimum Gasteiger partial charge on any atom is -0.309 e. The summed E-state index contributed by atoms with van der Waals surface area (Å²) >= 11 is 4.02. The molecule has 0 bridgehead atoms. The third kappa shape index (κ3) is 3.96. The summed E-state index contributed by atoms with van der Waals surface area (Å²) in [4.78, 5) is 0. The number of hydrogen-bond acceptors (Lipinski definition) is 3. The van der Waals surface area contributed by atoms with E-state index in [1.54, 1.807) is 6.07 Å². The summed E-state index contributed by atoms with van der Waals surface area (Å²) in [5.41, 5.74) is 2.93. The van der Waals surface area contributed by atoms with Gasteiger partial charge in [-0.05, 0) is 37.6 Å². The minimum absolute atomic E-state index is 0.0599. The average Bonchev–Trinajstić information content (AvgIpc) is 2.40. The molecule has 0 aromatic heterocycles. The van der Waals surface area contributed by atoms with Crippen molar-refractivity contribution in [3.05, 3.63) is 34.6 Å². The highest BCUT2D eigenvalue weighted by molar-refractivity contribution is 8.07. The Morgan fingerprint density at radius 3 is 2.57 bits per heavy atom. The fourth-order valence-electron chi connectivity index (χ4n) is 2.94. The normalized spacial score (nSPS) is 27.6. The zero-order valence-corrected chi connectivity index (χ0v) is 15.2. The highest BCUT2D eigenvalue weighted by Crippen LogP contribution is 2.42. The molecule has 2 rings (SSSR count). The summed E-state index contributed by atoms with van der Waals surface area (Å²) in [7, 11) is 0. The van der Waals surface area contributed by atoms with Crippen molar-refractivity contribution in [2.24, 2.45) is 0 Å². The lowest BCUT2D eigenvalue weighted by atomic mass is 9.96. The van der Waals surface area contributed by atoms with Gasteiger partial charge in [0, 0.05) is 33.1 Å². The SMILES string of the molecule is CCNC(c1c(C)cc(C)cc1F)C1CSC(C)C(C)S1. The first-order chi connectivity index (χ1) is 9.93. The first-order valence-electron chi connectivity index (χ1n) is 7.71. The molecule has 0 aliphatic carbocycles. The van der Waals surface area contributed by atoms with Gasteiger partial charge in [-0.2, -0.15) is 23.5 Å². The number of nitrogens with one attached hydrogen (secondary N) is 1. The second-order valence-corrected chi connectivity index (χ2v) is 8.96. The molecule has 0 spiro atoms. The van der Waals surface area contributed by atoms with Crippen LogP contribution in [0.2, 0.25) is 0 Å². The first-order valence-corrected chi connectivity index (χ1v) is 9.70. The maximum absolute atomic E-state index is 14.6. The van der Waals surface area contributed by atoms with E-state index in [1.807, 2.05) is 37.4 Å². The number of thioether (sulfide) groups is 2. The van der Waals surface area contributed by atoms with Gasteiger partial charge in [0.25, 0.3) is 0 Å². The van der Waals surface area contributed by atoms with Crippen molar-refractivity contribution in [1.82, 2.24) is 5.32 Å². The molecule has 0 amide bonds. The van der Waals surface area contributed by atoms with Crippen molar-refractivity contribution >= 4 is 23.5 Å². The zero-order valence-electron chi connectivity index (χ0n) is 13.6. The highest BCUT2D eigenvalue weighted by Gasteiger charge is 2.33. The standard InChI is InChI=1S/C17H26FNS2/c1-6-19-17(15-9-20-12(4)13(5)21-15)16-11(3)7-10(2)8-14(16)18/h7-8,12-13,15,17,19H,6,9H2,1-5H3. The lowest BCUT2D eigenvalue weighted by Crippen LogP contribution is -2.38. The molecule has 4 heteroatoms. The second kappa shape index (κ2) is 7.38. The number of rotatable bonds is 4. The summed E-state index contributed by atoms with van der Waals surface area (Å²) in [5.74, 6) is 1.02. The summed E-state index contributed by atoms with van der Waals surface area (Å²) < 4.78 is 14.6. The molecule has 0 saturated carbocycles. The largest absolute Gasteiger partial charge is 0.309 e. The van der Waals surface area contributed by atoms with E-state index < -0.39 is 0 Å². The predicted molar refractivity (Wildman–Crippen MR) is 95.1 cm³/mol. The van der Waals surface area contributed by atoms with Gasteiger partial charge in [-0.25, -0.2) is 4.39 Å². The van der Waals surface area contributed by atoms with Gasteiger partial charge in [-0.1, -0.05) is 26.8 Å². The van der Waals surface area contributed by atoms with Crippen LogP contribution in [0, 0.1) is 19.7 Å². The molecule has 1 heterocycles. The Hall–Kier alpha value is -0.190. The third-order valence-corrected chi connectivity index (χ3v) is 7.66. The molecule has 1 aromatic carbocycles. The lowest BCUT2D eigenvalue weighted by Gasteiger charge is -2.37. The maximum atomic E-state index is 14.6. The second-order valence-electron chi connectivity index (χ2n) is 5.93. The molecule has 1 aliphatic rings. The molecule has 1 aliphatic heterocycles. The van der Waals surface area contributed by atoms with E-state index in [1.165, 1.54) is 0 Å². The van der Waals surface area contributed by atoms with E-state index in [0.29, 0.717) is 15.7 Å². The monoisotopic (exact) mass is 327 g/mol. The van der Waals surface area contributed by atoms with Crippen LogP contribution in [0.25, 0.3) is 0 Å². The van der Waals surface area contributed by atoms with Gasteiger partial charge < -0.3 is 5.32 Å². The molecule has 4 atom stereocenters. The van der Waals surface area contributed by atoms with Gasteiger partial charge in [0.1, 0.15) is 5.82 Å². The van der Waals surface area contributed by atoms with Gasteiger partial charge in [0.15, 0.2) is 0 Å². The summed E-state index contributed by atoms with van der Waals surface area (Å²) in [6.45, 7) is 11.5. The van der Waals surface area contributed by atoms with E-state index in [2.05, 4.69) is 32.2 Å². The van der Waals surface area contributed by atoms with Crippen LogP contribution in [0.1, 0.15) is 43.5 Å². The van der Waals surface area contributed by atoms with Crippen molar-refractivity contribution in [2.45, 2.75) is 56.4 Å². The van der Waals surface area contributed by atoms with E-state index in [4.69, 9.17) is 0 Å². The fourth-order valence-corrected chi connectivity index (χ4v) is 6.04. The molecule has 1 N–H and O–H groups in total. The Morgan fingerprint density at radius 1 is 1.29 bits per heavy atom. The van der Waals surface area contributed by atoms with Crippen LogP contribution in [0.4, 0.5) is 4.39 Å². The van der Waals surface area contributed by atoms with Gasteiger partial charge in [-0.3, -0.25) is 0 Å². The molecule has 0 radical (unpaired) electrons. The summed E-state index contributed by atoms with van der Waals surface area (Å²) in [5, 5.41) is 5.25. The van der Waals surface area contributed by atoms with Crippen LogP contribution in [0.3, 0.4) is 0 Å². The molecule has 1 fully saturated rings. The quantitative estimate of drug-likeness (QED) is 0.859. The van der Waals surface area contributed by atoms with Crippen LogP contribution in [0.5, 0.6) is 0 Å². The number of hydrogen-bond donors (Lipinski definition) is 1. The first kappa shape index (κ1) is 17.2. The summed E-state index contributed by atoms with van der Waals surface area (Å²) in [6.07, 6.45) is 0. The van der Waals surface area contributed by atoms with Crippen LogP contribution >= 0.6 is 23.5 Å². The number of halogens is 1. The lowest BCUT2D eigenvalue weighted by molar-refractivity contribution is 0.506. The van der Waals surface area contributed by atoms with Crippen molar-refractivity contribution in [2.75, 3.05) is 12.3 Å². The van der Waals surface area contributed by atoms with Crippen LogP contribution in [-0.4, -0.2) is 28.0 Å². The van der Waals surface area contributed by atoms with Crippen molar-refractivity contribution in [3.8, 4) is 0 Å². The molecular weight excluding hydrogens is 301 g/mol. The van der Waals surface area contributed by atoms with E-state index in [-0.39, 0.29) is 11.9 Å². The minimum atomic E-state index is -0.0599.